The molecule has 0 bridgehead atoms. The highest BCUT2D eigenvalue weighted by Crippen LogP contribution is 1.76. The zero-order valence-electron chi connectivity index (χ0n) is 9.19. The van der Waals surface area contributed by atoms with Crippen LogP contribution >= 0.6 is 0 Å². The number of ether oxygens (including phenoxy) is 1. The van der Waals surface area contributed by atoms with Gasteiger partial charge in [-0.25, -0.2) is 4.99 Å². The van der Waals surface area contributed by atoms with E-state index >= 15 is 0 Å². The van der Waals surface area contributed by atoms with Gasteiger partial charge in [0.25, 0.3) is 5.91 Å². The lowest BCUT2D eigenvalue weighted by molar-refractivity contribution is -0.113. The van der Waals surface area contributed by atoms with Crippen LogP contribution in [0.3, 0.4) is 0 Å². The quantitative estimate of drug-likeness (QED) is 0.322. The lowest BCUT2D eigenvalue weighted by atomic mass is 10.4. The van der Waals surface area contributed by atoms with Crippen LogP contribution in [-0.4, -0.2) is 52.4 Å². The van der Waals surface area contributed by atoms with Gasteiger partial charge < -0.3 is 10.1 Å². The van der Waals surface area contributed by atoms with Crippen LogP contribution in [0.25, 0.3) is 0 Å². The first-order valence-corrected chi connectivity index (χ1v) is 4.74. The molecule has 0 heterocycles. The SMILES string of the molecule is CNC(=O)/C=N/C=N\CNCCCOC. The molecule has 0 aromatic rings. The summed E-state index contributed by atoms with van der Waals surface area (Å²) in [6.45, 7) is 2.09. The Kier molecular flexibility index (Phi) is 9.89. The summed E-state index contributed by atoms with van der Waals surface area (Å²) in [5.41, 5.74) is 0. The van der Waals surface area contributed by atoms with E-state index in [2.05, 4.69) is 20.6 Å². The summed E-state index contributed by atoms with van der Waals surface area (Å²) in [5.74, 6) is -0.241. The largest absolute Gasteiger partial charge is 0.385 e. The highest BCUT2D eigenvalue weighted by molar-refractivity contribution is 6.27. The smallest absolute Gasteiger partial charge is 0.262 e. The summed E-state index contributed by atoms with van der Waals surface area (Å²) in [5, 5.41) is 5.48. The molecule has 0 aliphatic heterocycles. The fourth-order valence-electron chi connectivity index (χ4n) is 0.739. The summed E-state index contributed by atoms with van der Waals surface area (Å²) < 4.78 is 4.88. The first kappa shape index (κ1) is 13.7. The molecule has 0 aliphatic carbocycles. The van der Waals surface area contributed by atoms with Crippen molar-refractivity contribution in [3.63, 3.8) is 0 Å². The average Bonchev–Trinajstić information content (AvgIpc) is 2.26. The Morgan fingerprint density at radius 1 is 1.53 bits per heavy atom. The Morgan fingerprint density at radius 2 is 2.33 bits per heavy atom. The van der Waals surface area contributed by atoms with Crippen molar-refractivity contribution in [3.05, 3.63) is 0 Å². The van der Waals surface area contributed by atoms with Crippen molar-refractivity contribution >= 4 is 18.5 Å². The van der Waals surface area contributed by atoms with Crippen molar-refractivity contribution in [1.29, 1.82) is 0 Å². The van der Waals surface area contributed by atoms with Gasteiger partial charge in [0, 0.05) is 20.8 Å². The van der Waals surface area contributed by atoms with Crippen LogP contribution in [0.2, 0.25) is 0 Å². The van der Waals surface area contributed by atoms with Crippen LogP contribution in [-0.2, 0) is 9.53 Å². The third-order valence-electron chi connectivity index (χ3n) is 1.49. The molecule has 0 aliphatic rings. The van der Waals surface area contributed by atoms with Crippen molar-refractivity contribution in [3.8, 4) is 0 Å². The number of nitrogens with one attached hydrogen (secondary N) is 2. The second kappa shape index (κ2) is 10.8. The van der Waals surface area contributed by atoms with Gasteiger partial charge in [-0.2, -0.15) is 0 Å². The van der Waals surface area contributed by atoms with Crippen LogP contribution < -0.4 is 10.6 Å². The summed E-state index contributed by atoms with van der Waals surface area (Å²) in [6.07, 6.45) is 3.47. The van der Waals surface area contributed by atoms with Gasteiger partial charge in [0.15, 0.2) is 0 Å². The van der Waals surface area contributed by atoms with Crippen LogP contribution in [0.5, 0.6) is 0 Å². The lowest BCUT2D eigenvalue weighted by Crippen LogP contribution is -2.18. The summed E-state index contributed by atoms with van der Waals surface area (Å²) in [4.78, 5) is 18.3. The van der Waals surface area contributed by atoms with Gasteiger partial charge in [0.1, 0.15) is 6.34 Å². The number of nitrogens with zero attached hydrogens (tertiary/aromatic N) is 2. The van der Waals surface area contributed by atoms with Gasteiger partial charge in [0.05, 0.1) is 12.9 Å². The Hall–Kier alpha value is -1.27. The number of carbonyl (C=O) groups excluding carboxylic acids is 1. The minimum absolute atomic E-state index is 0.241. The first-order valence-electron chi connectivity index (χ1n) is 4.74. The fraction of sp³-hybridized carbons (Fsp3) is 0.667. The maximum Gasteiger partial charge on any atom is 0.262 e. The topological polar surface area (TPSA) is 75.1 Å². The van der Waals surface area contributed by atoms with Crippen molar-refractivity contribution in [1.82, 2.24) is 10.6 Å². The number of rotatable bonds is 8. The minimum atomic E-state index is -0.241. The molecular weight excluding hydrogens is 196 g/mol. The highest BCUT2D eigenvalue weighted by atomic mass is 16.5. The molecule has 1 amide bonds. The van der Waals surface area contributed by atoms with Gasteiger partial charge >= 0.3 is 0 Å². The molecule has 86 valence electrons. The van der Waals surface area contributed by atoms with E-state index in [1.807, 2.05) is 0 Å². The lowest BCUT2D eigenvalue weighted by Gasteiger charge is -1.99. The van der Waals surface area contributed by atoms with E-state index in [-0.39, 0.29) is 5.91 Å². The van der Waals surface area contributed by atoms with E-state index < -0.39 is 0 Å². The van der Waals surface area contributed by atoms with E-state index in [0.29, 0.717) is 6.67 Å². The average molecular weight is 214 g/mol. The fourth-order valence-corrected chi connectivity index (χ4v) is 0.739. The van der Waals surface area contributed by atoms with E-state index in [4.69, 9.17) is 4.74 Å². The van der Waals surface area contributed by atoms with Gasteiger partial charge in [-0.05, 0) is 13.0 Å². The molecule has 0 spiro atoms. The van der Waals surface area contributed by atoms with Gasteiger partial charge in [-0.3, -0.25) is 15.1 Å². The molecule has 2 N–H and O–H groups in total. The number of amides is 1. The molecule has 0 atom stereocenters. The molecule has 0 rings (SSSR count). The third kappa shape index (κ3) is 10.7. The molecule has 15 heavy (non-hydrogen) atoms. The summed E-state index contributed by atoms with van der Waals surface area (Å²) in [6, 6.07) is 0. The number of methoxy groups -OCH3 is 1. The Morgan fingerprint density at radius 3 is 3.00 bits per heavy atom. The third-order valence-corrected chi connectivity index (χ3v) is 1.49. The van der Waals surface area contributed by atoms with Crippen LogP contribution in [0, 0.1) is 0 Å². The number of carbonyl (C=O) groups is 1. The number of hydrogen-bond acceptors (Lipinski definition) is 4. The zero-order chi connectivity index (χ0) is 11.4. The predicted molar refractivity (Wildman–Crippen MR) is 60.4 cm³/mol. The zero-order valence-corrected chi connectivity index (χ0v) is 9.19. The van der Waals surface area contributed by atoms with Crippen molar-refractivity contribution < 1.29 is 9.53 Å². The standard InChI is InChI=1S/C9H18N4O2/c1-10-9(14)6-12-8-13-7-11-4-3-5-15-2/h6,8,11H,3-5,7H2,1-2H3,(H,10,14)/b12-6+,13-8-. The molecule has 0 radical (unpaired) electrons. The molecule has 0 unspecified atom stereocenters. The molecule has 0 fully saturated rings. The van der Waals surface area contributed by atoms with E-state index in [0.717, 1.165) is 19.6 Å². The molecule has 0 saturated heterocycles. The number of aliphatic imine (C=N–C) groups is 2. The maximum absolute atomic E-state index is 10.7. The Labute approximate surface area is 89.8 Å². The molecule has 0 saturated carbocycles. The normalized spacial score (nSPS) is 11.3. The summed E-state index contributed by atoms with van der Waals surface area (Å²) >= 11 is 0. The van der Waals surface area contributed by atoms with E-state index in [1.165, 1.54) is 12.6 Å². The predicted octanol–water partition coefficient (Wildman–Crippen LogP) is -0.585. The monoisotopic (exact) mass is 214 g/mol. The minimum Gasteiger partial charge on any atom is -0.385 e. The van der Waals surface area contributed by atoms with Gasteiger partial charge in [-0.15, -0.1) is 0 Å². The molecule has 6 heteroatoms. The second-order valence-electron chi connectivity index (χ2n) is 2.69. The van der Waals surface area contributed by atoms with Crippen molar-refractivity contribution in [2.45, 2.75) is 6.42 Å². The van der Waals surface area contributed by atoms with E-state index in [1.54, 1.807) is 14.2 Å². The number of hydrogen-bond donors (Lipinski definition) is 2. The van der Waals surface area contributed by atoms with Crippen LogP contribution in [0.4, 0.5) is 0 Å². The van der Waals surface area contributed by atoms with Crippen LogP contribution in [0.1, 0.15) is 6.42 Å². The van der Waals surface area contributed by atoms with Crippen molar-refractivity contribution in [2.24, 2.45) is 9.98 Å². The van der Waals surface area contributed by atoms with Crippen LogP contribution in [0.15, 0.2) is 9.98 Å². The Balaban J connectivity index is 3.31. The first-order chi connectivity index (χ1) is 7.31. The summed E-state index contributed by atoms with van der Waals surface area (Å²) in [7, 11) is 3.22. The second-order valence-corrected chi connectivity index (χ2v) is 2.69. The van der Waals surface area contributed by atoms with E-state index in [9.17, 15) is 4.79 Å². The Bertz CT molecular complexity index is 216. The van der Waals surface area contributed by atoms with Crippen molar-refractivity contribution in [2.75, 3.05) is 34.0 Å². The maximum atomic E-state index is 10.7. The van der Waals surface area contributed by atoms with Gasteiger partial charge in [0.2, 0.25) is 0 Å². The molecule has 6 nitrogen and oxygen atoms in total. The molecule has 0 aromatic heterocycles. The molecular formula is C9H18N4O2. The highest BCUT2D eigenvalue weighted by Gasteiger charge is 1.86. The van der Waals surface area contributed by atoms with Gasteiger partial charge in [-0.1, -0.05) is 0 Å². The molecule has 0 aromatic carbocycles.